The second-order valence-electron chi connectivity index (χ2n) is 6.12. The summed E-state index contributed by atoms with van der Waals surface area (Å²) in [4.78, 5) is 28.9. The molecule has 0 atom stereocenters. The Morgan fingerprint density at radius 2 is 1.97 bits per heavy atom. The van der Waals surface area contributed by atoms with Crippen molar-refractivity contribution in [2.75, 3.05) is 6.61 Å². The van der Waals surface area contributed by atoms with E-state index in [0.29, 0.717) is 11.3 Å². The summed E-state index contributed by atoms with van der Waals surface area (Å²) in [6.07, 6.45) is 1.67. The summed E-state index contributed by atoms with van der Waals surface area (Å²) < 4.78 is 29.8. The molecular weight excluding hydrogens is 438 g/mol. The fourth-order valence-corrected chi connectivity index (χ4v) is 4.28. The number of nitrogens with zero attached hydrogens (tertiary/aromatic N) is 2. The van der Waals surface area contributed by atoms with E-state index in [4.69, 9.17) is 21.5 Å². The lowest BCUT2D eigenvalue weighted by atomic mass is 10.1. The van der Waals surface area contributed by atoms with Crippen molar-refractivity contribution < 1.29 is 22.7 Å². The van der Waals surface area contributed by atoms with Crippen molar-refractivity contribution >= 4 is 44.7 Å². The van der Waals surface area contributed by atoms with Crippen LogP contribution in [0.5, 0.6) is 0 Å². The number of primary sulfonamides is 1. The molecule has 29 heavy (non-hydrogen) atoms. The van der Waals surface area contributed by atoms with Gasteiger partial charge in [-0.2, -0.15) is 0 Å². The van der Waals surface area contributed by atoms with Crippen LogP contribution in [0.2, 0.25) is 5.02 Å². The zero-order valence-corrected chi connectivity index (χ0v) is 17.8. The molecule has 0 saturated heterocycles. The molecule has 3 aromatic rings. The van der Waals surface area contributed by atoms with Crippen molar-refractivity contribution in [1.29, 1.82) is 0 Å². The minimum absolute atomic E-state index is 0.0169. The van der Waals surface area contributed by atoms with Gasteiger partial charge in [0.05, 0.1) is 15.5 Å². The number of aromatic nitrogens is 2. The number of hydrogen-bond acceptors (Lipinski definition) is 7. The predicted molar refractivity (Wildman–Crippen MR) is 108 cm³/mol. The largest absolute Gasteiger partial charge is 0.454 e. The third-order valence-corrected chi connectivity index (χ3v) is 6.16. The van der Waals surface area contributed by atoms with Crippen LogP contribution in [-0.2, 0) is 14.8 Å². The third-order valence-electron chi connectivity index (χ3n) is 4.16. The first-order valence-corrected chi connectivity index (χ1v) is 11.0. The van der Waals surface area contributed by atoms with E-state index in [1.165, 1.54) is 23.5 Å². The van der Waals surface area contributed by atoms with Gasteiger partial charge in [0.15, 0.2) is 11.7 Å². The molecular formula is C18H16ClN3O5S2. The number of rotatable bonds is 6. The summed E-state index contributed by atoms with van der Waals surface area (Å²) in [5.41, 5.74) is 1.69. The highest BCUT2D eigenvalue weighted by Crippen LogP contribution is 2.24. The molecule has 0 radical (unpaired) electrons. The van der Waals surface area contributed by atoms with E-state index in [9.17, 15) is 18.0 Å². The van der Waals surface area contributed by atoms with E-state index in [1.54, 1.807) is 19.2 Å². The van der Waals surface area contributed by atoms with Gasteiger partial charge in [-0.3, -0.25) is 9.36 Å². The number of ether oxygens (including phenoxy) is 1. The summed E-state index contributed by atoms with van der Waals surface area (Å²) in [6.45, 7) is 3.09. The quantitative estimate of drug-likeness (QED) is 0.452. The van der Waals surface area contributed by atoms with Crippen LogP contribution in [0.15, 0.2) is 40.7 Å². The number of carbonyl (C=O) groups is 2. The van der Waals surface area contributed by atoms with E-state index in [1.807, 2.05) is 16.9 Å². The zero-order chi connectivity index (χ0) is 21.3. The first-order chi connectivity index (χ1) is 13.6. The lowest BCUT2D eigenvalue weighted by molar-refractivity contribution is 0.0474. The van der Waals surface area contributed by atoms with Crippen LogP contribution < -0.4 is 5.14 Å². The van der Waals surface area contributed by atoms with Gasteiger partial charge < -0.3 is 4.74 Å². The van der Waals surface area contributed by atoms with Crippen molar-refractivity contribution in [3.63, 3.8) is 0 Å². The van der Waals surface area contributed by atoms with Crippen LogP contribution in [0.4, 0.5) is 0 Å². The molecule has 0 aliphatic rings. The van der Waals surface area contributed by atoms with Gasteiger partial charge in [0.25, 0.3) is 0 Å². The Morgan fingerprint density at radius 3 is 2.59 bits per heavy atom. The standard InChI is InChI=1S/C18H16ClN3O5S2/c1-10-7-13(11(2)22(10)18-21-5-6-28-18)16(23)9-27-17(24)14-8-12(29(20,25)26)3-4-15(14)19/h3-8H,9H2,1-2H3,(H2,20,25,26). The summed E-state index contributed by atoms with van der Waals surface area (Å²) in [6, 6.07) is 5.11. The molecule has 2 aromatic heterocycles. The van der Waals surface area contributed by atoms with Crippen LogP contribution in [0.3, 0.4) is 0 Å². The molecule has 0 amide bonds. The van der Waals surface area contributed by atoms with E-state index >= 15 is 0 Å². The average Bonchev–Trinajstić information content (AvgIpc) is 3.26. The van der Waals surface area contributed by atoms with E-state index in [2.05, 4.69) is 4.98 Å². The van der Waals surface area contributed by atoms with Gasteiger partial charge in [0, 0.05) is 28.5 Å². The van der Waals surface area contributed by atoms with Crippen LogP contribution in [0.1, 0.15) is 32.1 Å². The fourth-order valence-electron chi connectivity index (χ4n) is 2.79. The topological polar surface area (TPSA) is 121 Å². The molecule has 0 fully saturated rings. The Bertz CT molecular complexity index is 1200. The smallest absolute Gasteiger partial charge is 0.340 e. The third kappa shape index (κ3) is 4.40. The van der Waals surface area contributed by atoms with Crippen molar-refractivity contribution in [3.8, 4) is 5.13 Å². The van der Waals surface area contributed by atoms with Crippen LogP contribution in [0, 0.1) is 13.8 Å². The lowest BCUT2D eigenvalue weighted by Gasteiger charge is -2.08. The average molecular weight is 454 g/mol. The second-order valence-corrected chi connectivity index (χ2v) is 8.96. The van der Waals surface area contributed by atoms with Crippen molar-refractivity contribution in [2.24, 2.45) is 5.14 Å². The molecule has 2 N–H and O–H groups in total. The SMILES string of the molecule is Cc1cc(C(=O)COC(=O)c2cc(S(N)(=O)=O)ccc2Cl)c(C)n1-c1nccs1. The number of esters is 1. The highest BCUT2D eigenvalue weighted by Gasteiger charge is 2.21. The summed E-state index contributed by atoms with van der Waals surface area (Å²) >= 11 is 7.38. The van der Waals surface area contributed by atoms with Gasteiger partial charge in [0.1, 0.15) is 0 Å². The predicted octanol–water partition coefficient (Wildman–Crippen LogP) is 2.89. The van der Waals surface area contributed by atoms with Crippen molar-refractivity contribution in [1.82, 2.24) is 9.55 Å². The van der Waals surface area contributed by atoms with Gasteiger partial charge in [0.2, 0.25) is 15.8 Å². The number of Topliss-reactive ketones (excluding diaryl/α,β-unsaturated/α-hetero) is 1. The first-order valence-electron chi connectivity index (χ1n) is 8.21. The Morgan fingerprint density at radius 1 is 1.24 bits per heavy atom. The minimum atomic E-state index is -4.02. The highest BCUT2D eigenvalue weighted by molar-refractivity contribution is 7.89. The molecule has 3 rings (SSSR count). The monoisotopic (exact) mass is 453 g/mol. The van der Waals surface area contributed by atoms with Gasteiger partial charge in [-0.15, -0.1) is 11.3 Å². The summed E-state index contributed by atoms with van der Waals surface area (Å²) in [5, 5.41) is 7.60. The van der Waals surface area contributed by atoms with Gasteiger partial charge in [-0.25, -0.2) is 23.3 Å². The molecule has 0 aliphatic carbocycles. The normalized spacial score (nSPS) is 11.4. The molecule has 11 heteroatoms. The maximum atomic E-state index is 12.6. The molecule has 1 aromatic carbocycles. The zero-order valence-electron chi connectivity index (χ0n) is 15.4. The molecule has 0 bridgehead atoms. The number of carbonyl (C=O) groups excluding carboxylic acids is 2. The lowest BCUT2D eigenvalue weighted by Crippen LogP contribution is -2.17. The molecule has 152 valence electrons. The number of halogens is 1. The fraction of sp³-hybridized carbons (Fsp3) is 0.167. The number of aryl methyl sites for hydroxylation is 1. The number of sulfonamides is 1. The number of benzene rings is 1. The Labute approximate surface area is 175 Å². The van der Waals surface area contributed by atoms with Crippen molar-refractivity contribution in [3.05, 3.63) is 63.4 Å². The minimum Gasteiger partial charge on any atom is -0.454 e. The number of ketones is 1. The van der Waals surface area contributed by atoms with Gasteiger partial charge >= 0.3 is 5.97 Å². The number of thiazole rings is 1. The molecule has 0 spiro atoms. The van der Waals surface area contributed by atoms with Crippen LogP contribution in [-0.4, -0.2) is 36.3 Å². The molecule has 0 unspecified atom stereocenters. The Hall–Kier alpha value is -2.53. The number of nitrogens with two attached hydrogens (primary N) is 1. The van der Waals surface area contributed by atoms with Crippen LogP contribution in [0.25, 0.3) is 5.13 Å². The molecule has 8 nitrogen and oxygen atoms in total. The molecule has 2 heterocycles. The van der Waals surface area contributed by atoms with Gasteiger partial charge in [-0.1, -0.05) is 11.6 Å². The van der Waals surface area contributed by atoms with E-state index in [-0.39, 0.29) is 15.5 Å². The number of hydrogen-bond donors (Lipinski definition) is 1. The van der Waals surface area contributed by atoms with E-state index < -0.39 is 28.4 Å². The summed E-state index contributed by atoms with van der Waals surface area (Å²) in [5.74, 6) is -1.34. The second kappa shape index (κ2) is 8.07. The van der Waals surface area contributed by atoms with Crippen LogP contribution >= 0.6 is 22.9 Å². The Kier molecular flexibility index (Phi) is 5.90. The van der Waals surface area contributed by atoms with Gasteiger partial charge in [-0.05, 0) is 38.1 Å². The summed E-state index contributed by atoms with van der Waals surface area (Å²) in [7, 11) is -4.02. The molecule has 0 aliphatic heterocycles. The van der Waals surface area contributed by atoms with E-state index in [0.717, 1.165) is 16.9 Å². The highest BCUT2D eigenvalue weighted by atomic mass is 35.5. The Balaban J connectivity index is 1.78. The maximum absolute atomic E-state index is 12.6. The first kappa shape index (κ1) is 21.2. The molecule has 0 saturated carbocycles. The maximum Gasteiger partial charge on any atom is 0.340 e. The van der Waals surface area contributed by atoms with Crippen molar-refractivity contribution in [2.45, 2.75) is 18.7 Å².